The van der Waals surface area contributed by atoms with Crippen LogP contribution in [0.5, 0.6) is 0 Å². The number of ketones is 1. The van der Waals surface area contributed by atoms with E-state index in [2.05, 4.69) is 9.88 Å². The lowest BCUT2D eigenvalue weighted by molar-refractivity contribution is 0.0810. The molecule has 2 aliphatic rings. The summed E-state index contributed by atoms with van der Waals surface area (Å²) in [5.41, 5.74) is 1.55. The van der Waals surface area contributed by atoms with Crippen molar-refractivity contribution in [1.29, 1.82) is 0 Å². The molecular formula is C19H22N2O. The standard InChI is InChI=1S/C19H22N2O/c22-19(16-5-3-11-21(13-16)12-14-7-8-14)18-10-9-15-4-1-2-6-17(15)20-18/h1-2,4,6,9-10,14,16H,3,5,7-8,11-13H2/t16-/m1/s1. The second kappa shape index (κ2) is 5.81. The number of nitrogens with zero attached hydrogens (tertiary/aromatic N) is 2. The number of fused-ring (bicyclic) bond motifs is 1. The summed E-state index contributed by atoms with van der Waals surface area (Å²) in [6.07, 6.45) is 4.90. The van der Waals surface area contributed by atoms with Gasteiger partial charge in [0.25, 0.3) is 0 Å². The predicted octanol–water partition coefficient (Wildman–Crippen LogP) is 3.54. The van der Waals surface area contributed by atoms with Crippen molar-refractivity contribution in [3.05, 3.63) is 42.1 Å². The number of benzene rings is 1. The Morgan fingerprint density at radius 3 is 2.86 bits per heavy atom. The van der Waals surface area contributed by atoms with E-state index in [1.165, 1.54) is 19.4 Å². The van der Waals surface area contributed by atoms with Gasteiger partial charge in [0.1, 0.15) is 5.69 Å². The van der Waals surface area contributed by atoms with Gasteiger partial charge in [0, 0.05) is 24.4 Å². The molecular weight excluding hydrogens is 272 g/mol. The number of Topliss-reactive ketones (excluding diaryl/α,β-unsaturated/α-hetero) is 1. The molecule has 2 aromatic rings. The molecule has 0 N–H and O–H groups in total. The molecule has 0 bridgehead atoms. The summed E-state index contributed by atoms with van der Waals surface area (Å²) in [4.78, 5) is 19.9. The summed E-state index contributed by atoms with van der Waals surface area (Å²) in [7, 11) is 0. The second-order valence-corrected chi connectivity index (χ2v) is 6.80. The van der Waals surface area contributed by atoms with Crippen LogP contribution in [-0.2, 0) is 0 Å². The minimum atomic E-state index is 0.126. The number of carbonyl (C=O) groups is 1. The minimum absolute atomic E-state index is 0.126. The summed E-state index contributed by atoms with van der Waals surface area (Å²) in [5.74, 6) is 1.25. The topological polar surface area (TPSA) is 33.2 Å². The normalized spacial score (nSPS) is 22.8. The van der Waals surface area contributed by atoms with Crippen molar-refractivity contribution >= 4 is 16.7 Å². The van der Waals surface area contributed by atoms with Crippen LogP contribution in [0.25, 0.3) is 10.9 Å². The number of para-hydroxylation sites is 1. The Balaban J connectivity index is 1.51. The fourth-order valence-electron chi connectivity index (χ4n) is 3.51. The van der Waals surface area contributed by atoms with E-state index in [-0.39, 0.29) is 11.7 Å². The van der Waals surface area contributed by atoms with Crippen molar-refractivity contribution in [2.45, 2.75) is 25.7 Å². The third kappa shape index (κ3) is 2.91. The Kier molecular flexibility index (Phi) is 3.67. The van der Waals surface area contributed by atoms with Gasteiger partial charge in [-0.1, -0.05) is 24.3 Å². The first-order chi connectivity index (χ1) is 10.8. The van der Waals surface area contributed by atoms with Crippen LogP contribution in [0.3, 0.4) is 0 Å². The quantitative estimate of drug-likeness (QED) is 0.809. The van der Waals surface area contributed by atoms with E-state index in [0.717, 1.165) is 42.8 Å². The van der Waals surface area contributed by atoms with Gasteiger partial charge >= 0.3 is 0 Å². The van der Waals surface area contributed by atoms with Crippen molar-refractivity contribution < 1.29 is 4.79 Å². The monoisotopic (exact) mass is 294 g/mol. The van der Waals surface area contributed by atoms with Crippen molar-refractivity contribution in [2.75, 3.05) is 19.6 Å². The van der Waals surface area contributed by atoms with Gasteiger partial charge in [-0.3, -0.25) is 4.79 Å². The zero-order valence-electron chi connectivity index (χ0n) is 12.9. The Morgan fingerprint density at radius 2 is 2.00 bits per heavy atom. The van der Waals surface area contributed by atoms with Gasteiger partial charge in [-0.15, -0.1) is 0 Å². The zero-order chi connectivity index (χ0) is 14.9. The van der Waals surface area contributed by atoms with E-state index in [1.54, 1.807) is 0 Å². The molecule has 1 aliphatic heterocycles. The smallest absolute Gasteiger partial charge is 0.185 e. The van der Waals surface area contributed by atoms with E-state index in [0.29, 0.717) is 5.69 Å². The van der Waals surface area contributed by atoms with Gasteiger partial charge in [-0.25, -0.2) is 4.98 Å². The second-order valence-electron chi connectivity index (χ2n) is 6.80. The van der Waals surface area contributed by atoms with E-state index >= 15 is 0 Å². The van der Waals surface area contributed by atoms with Crippen molar-refractivity contribution in [3.63, 3.8) is 0 Å². The van der Waals surface area contributed by atoms with Crippen LogP contribution in [0.15, 0.2) is 36.4 Å². The molecule has 4 rings (SSSR count). The molecule has 2 fully saturated rings. The lowest BCUT2D eigenvalue weighted by atomic mass is 9.91. The van der Waals surface area contributed by atoms with Crippen LogP contribution >= 0.6 is 0 Å². The Morgan fingerprint density at radius 1 is 1.14 bits per heavy atom. The highest BCUT2D eigenvalue weighted by atomic mass is 16.1. The highest BCUT2D eigenvalue weighted by Crippen LogP contribution is 2.31. The molecule has 3 heteroatoms. The Hall–Kier alpha value is -1.74. The summed E-state index contributed by atoms with van der Waals surface area (Å²) in [6.45, 7) is 3.27. The minimum Gasteiger partial charge on any atom is -0.302 e. The van der Waals surface area contributed by atoms with E-state index in [1.807, 2.05) is 36.4 Å². The zero-order valence-corrected chi connectivity index (χ0v) is 12.9. The molecule has 1 saturated heterocycles. The third-order valence-corrected chi connectivity index (χ3v) is 4.94. The largest absolute Gasteiger partial charge is 0.302 e. The molecule has 0 unspecified atom stereocenters. The van der Waals surface area contributed by atoms with Crippen LogP contribution in [0.2, 0.25) is 0 Å². The van der Waals surface area contributed by atoms with Crippen LogP contribution < -0.4 is 0 Å². The van der Waals surface area contributed by atoms with E-state index in [4.69, 9.17) is 0 Å². The highest BCUT2D eigenvalue weighted by Gasteiger charge is 2.31. The van der Waals surface area contributed by atoms with Crippen LogP contribution in [-0.4, -0.2) is 35.3 Å². The third-order valence-electron chi connectivity index (χ3n) is 4.94. The summed E-state index contributed by atoms with van der Waals surface area (Å²) in [5, 5.41) is 1.10. The Labute approximate surface area is 131 Å². The number of likely N-dealkylation sites (tertiary alicyclic amines) is 1. The maximum absolute atomic E-state index is 12.8. The molecule has 1 aliphatic carbocycles. The lowest BCUT2D eigenvalue weighted by Crippen LogP contribution is -2.39. The fraction of sp³-hybridized carbons (Fsp3) is 0.474. The maximum atomic E-state index is 12.8. The number of rotatable bonds is 4. The number of aromatic nitrogens is 1. The van der Waals surface area contributed by atoms with E-state index in [9.17, 15) is 4.79 Å². The van der Waals surface area contributed by atoms with Gasteiger partial charge in [0.2, 0.25) is 0 Å². The van der Waals surface area contributed by atoms with Gasteiger partial charge in [0.05, 0.1) is 5.52 Å². The Bertz CT molecular complexity index is 693. The van der Waals surface area contributed by atoms with Crippen LogP contribution in [0, 0.1) is 11.8 Å². The van der Waals surface area contributed by atoms with Crippen molar-refractivity contribution in [2.24, 2.45) is 11.8 Å². The molecule has 1 atom stereocenters. The number of piperidine rings is 1. The van der Waals surface area contributed by atoms with Crippen molar-refractivity contribution in [3.8, 4) is 0 Å². The molecule has 0 spiro atoms. The molecule has 0 radical (unpaired) electrons. The summed E-state index contributed by atoms with van der Waals surface area (Å²) >= 11 is 0. The molecule has 1 saturated carbocycles. The van der Waals surface area contributed by atoms with Gasteiger partial charge in [-0.2, -0.15) is 0 Å². The molecule has 1 aromatic carbocycles. The first-order valence-corrected chi connectivity index (χ1v) is 8.42. The number of pyridine rings is 1. The van der Waals surface area contributed by atoms with Crippen molar-refractivity contribution in [1.82, 2.24) is 9.88 Å². The molecule has 1 aromatic heterocycles. The van der Waals surface area contributed by atoms with E-state index < -0.39 is 0 Å². The van der Waals surface area contributed by atoms with Gasteiger partial charge in [-0.05, 0) is 50.3 Å². The molecule has 0 amide bonds. The number of hydrogen-bond donors (Lipinski definition) is 0. The maximum Gasteiger partial charge on any atom is 0.185 e. The average Bonchev–Trinajstić information content (AvgIpc) is 3.38. The average molecular weight is 294 g/mol. The fourth-order valence-corrected chi connectivity index (χ4v) is 3.51. The SMILES string of the molecule is O=C(c1ccc2ccccc2n1)[C@@H]1CCCN(CC2CC2)C1. The highest BCUT2D eigenvalue weighted by molar-refractivity contribution is 5.98. The predicted molar refractivity (Wildman–Crippen MR) is 88.0 cm³/mol. The van der Waals surface area contributed by atoms with Gasteiger partial charge in [0.15, 0.2) is 5.78 Å². The summed E-state index contributed by atoms with van der Waals surface area (Å²) < 4.78 is 0. The number of carbonyl (C=O) groups excluding carboxylic acids is 1. The molecule has 3 nitrogen and oxygen atoms in total. The van der Waals surface area contributed by atoms with Crippen LogP contribution in [0.1, 0.15) is 36.2 Å². The summed E-state index contributed by atoms with van der Waals surface area (Å²) in [6, 6.07) is 11.9. The molecule has 22 heavy (non-hydrogen) atoms. The first kappa shape index (κ1) is 13.9. The lowest BCUT2D eigenvalue weighted by Gasteiger charge is -2.31. The van der Waals surface area contributed by atoms with Crippen LogP contribution in [0.4, 0.5) is 0 Å². The molecule has 2 heterocycles. The number of hydrogen-bond acceptors (Lipinski definition) is 3. The van der Waals surface area contributed by atoms with Gasteiger partial charge < -0.3 is 4.90 Å². The molecule has 114 valence electrons. The first-order valence-electron chi connectivity index (χ1n) is 8.42.